The number of halogens is 1. The van der Waals surface area contributed by atoms with E-state index in [0.29, 0.717) is 6.04 Å². The van der Waals surface area contributed by atoms with Gasteiger partial charge in [0.1, 0.15) is 0 Å². The molecule has 1 rings (SSSR count). The fourth-order valence-electron chi connectivity index (χ4n) is 1.51. The lowest BCUT2D eigenvalue weighted by Crippen LogP contribution is -2.48. The van der Waals surface area contributed by atoms with E-state index in [1.54, 1.807) is 4.90 Å². The van der Waals surface area contributed by atoms with Gasteiger partial charge in [-0.3, -0.25) is 4.79 Å². The van der Waals surface area contributed by atoms with Crippen molar-refractivity contribution < 1.29 is 4.79 Å². The standard InChI is InChI=1S/C8H17N3O.ClH/c1-11(8(12)5-9)7-3-2-4-10-6-7;/h7,10H,2-6,9H2,1H3;1H. The van der Waals surface area contributed by atoms with Crippen molar-refractivity contribution in [1.82, 2.24) is 10.2 Å². The van der Waals surface area contributed by atoms with Crippen LogP contribution in [0.5, 0.6) is 0 Å². The summed E-state index contributed by atoms with van der Waals surface area (Å²) in [7, 11) is 1.83. The van der Waals surface area contributed by atoms with E-state index in [4.69, 9.17) is 5.73 Å². The van der Waals surface area contributed by atoms with E-state index < -0.39 is 0 Å². The van der Waals surface area contributed by atoms with Gasteiger partial charge in [-0.1, -0.05) is 0 Å². The summed E-state index contributed by atoms with van der Waals surface area (Å²) >= 11 is 0. The molecule has 0 spiro atoms. The van der Waals surface area contributed by atoms with E-state index in [1.807, 2.05) is 7.05 Å². The number of nitrogens with two attached hydrogens (primary N) is 1. The average Bonchev–Trinajstić information content (AvgIpc) is 2.17. The van der Waals surface area contributed by atoms with Gasteiger partial charge in [0.05, 0.1) is 6.54 Å². The van der Waals surface area contributed by atoms with E-state index in [9.17, 15) is 4.79 Å². The first kappa shape index (κ1) is 12.7. The number of nitrogens with one attached hydrogen (secondary N) is 1. The Hall–Kier alpha value is -0.320. The third-order valence-corrected chi connectivity index (χ3v) is 2.39. The Morgan fingerprint density at radius 3 is 2.85 bits per heavy atom. The van der Waals surface area contributed by atoms with Crippen LogP contribution >= 0.6 is 12.4 Å². The fraction of sp³-hybridized carbons (Fsp3) is 0.875. The predicted molar refractivity (Wildman–Crippen MR) is 55.0 cm³/mol. The van der Waals surface area contributed by atoms with Crippen LogP contribution in [-0.2, 0) is 4.79 Å². The van der Waals surface area contributed by atoms with Crippen LogP contribution in [0.2, 0.25) is 0 Å². The summed E-state index contributed by atoms with van der Waals surface area (Å²) < 4.78 is 0. The first-order valence-electron chi connectivity index (χ1n) is 4.42. The number of piperidine rings is 1. The Labute approximate surface area is 85.3 Å². The number of rotatable bonds is 2. The average molecular weight is 208 g/mol. The van der Waals surface area contributed by atoms with Crippen molar-refractivity contribution in [2.24, 2.45) is 5.73 Å². The van der Waals surface area contributed by atoms with Crippen LogP contribution in [-0.4, -0.2) is 43.5 Å². The van der Waals surface area contributed by atoms with Crippen molar-refractivity contribution in [1.29, 1.82) is 0 Å². The largest absolute Gasteiger partial charge is 0.340 e. The summed E-state index contributed by atoms with van der Waals surface area (Å²) in [5, 5.41) is 3.26. The van der Waals surface area contributed by atoms with Crippen LogP contribution in [0.15, 0.2) is 0 Å². The van der Waals surface area contributed by atoms with Crippen molar-refractivity contribution in [3.8, 4) is 0 Å². The van der Waals surface area contributed by atoms with Gasteiger partial charge >= 0.3 is 0 Å². The number of nitrogens with zero attached hydrogens (tertiary/aromatic N) is 1. The highest BCUT2D eigenvalue weighted by Gasteiger charge is 2.20. The summed E-state index contributed by atoms with van der Waals surface area (Å²) in [6.07, 6.45) is 2.24. The quantitative estimate of drug-likeness (QED) is 0.647. The van der Waals surface area contributed by atoms with E-state index in [0.717, 1.165) is 25.9 Å². The summed E-state index contributed by atoms with van der Waals surface area (Å²) in [4.78, 5) is 12.9. The third-order valence-electron chi connectivity index (χ3n) is 2.39. The van der Waals surface area contributed by atoms with Crippen LogP contribution in [0.1, 0.15) is 12.8 Å². The monoisotopic (exact) mass is 207 g/mol. The molecule has 0 aromatic heterocycles. The second-order valence-corrected chi connectivity index (χ2v) is 3.21. The normalized spacial score (nSPS) is 21.8. The summed E-state index contributed by atoms with van der Waals surface area (Å²) in [6, 6.07) is 0.342. The van der Waals surface area contributed by atoms with Crippen LogP contribution in [0.4, 0.5) is 0 Å². The summed E-state index contributed by atoms with van der Waals surface area (Å²) in [5.74, 6) is 0.0312. The molecule has 5 heteroatoms. The molecule has 78 valence electrons. The lowest BCUT2D eigenvalue weighted by Gasteiger charge is -2.31. The molecule has 0 radical (unpaired) electrons. The fourth-order valence-corrected chi connectivity index (χ4v) is 1.51. The summed E-state index contributed by atoms with van der Waals surface area (Å²) in [5.41, 5.74) is 5.27. The molecular formula is C8H18ClN3O. The first-order valence-corrected chi connectivity index (χ1v) is 4.42. The molecule has 1 atom stereocenters. The van der Waals surface area contributed by atoms with Gasteiger partial charge in [0, 0.05) is 19.6 Å². The molecule has 0 aromatic rings. The minimum atomic E-state index is 0. The number of likely N-dealkylation sites (N-methyl/N-ethyl adjacent to an activating group) is 1. The van der Waals surface area contributed by atoms with E-state index in [1.165, 1.54) is 0 Å². The molecule has 3 N–H and O–H groups in total. The maximum atomic E-state index is 11.2. The minimum absolute atomic E-state index is 0. The number of carbonyl (C=O) groups is 1. The Bertz CT molecular complexity index is 159. The molecule has 0 aliphatic carbocycles. The van der Waals surface area contributed by atoms with Crippen LogP contribution in [0.25, 0.3) is 0 Å². The highest BCUT2D eigenvalue weighted by molar-refractivity contribution is 5.85. The number of carbonyl (C=O) groups excluding carboxylic acids is 1. The molecule has 0 aromatic carbocycles. The van der Waals surface area contributed by atoms with Crippen molar-refractivity contribution in [2.75, 3.05) is 26.7 Å². The molecule has 1 heterocycles. The van der Waals surface area contributed by atoms with Gasteiger partial charge in [-0.25, -0.2) is 0 Å². The van der Waals surface area contributed by atoms with Gasteiger partial charge < -0.3 is 16.0 Å². The maximum absolute atomic E-state index is 11.2. The smallest absolute Gasteiger partial charge is 0.236 e. The van der Waals surface area contributed by atoms with Crippen LogP contribution < -0.4 is 11.1 Å². The highest BCUT2D eigenvalue weighted by Crippen LogP contribution is 2.07. The van der Waals surface area contributed by atoms with E-state index in [2.05, 4.69) is 5.32 Å². The second kappa shape index (κ2) is 6.18. The minimum Gasteiger partial charge on any atom is -0.340 e. The molecule has 1 fully saturated rings. The molecule has 0 saturated carbocycles. The Balaban J connectivity index is 0.00000144. The number of hydrogen-bond donors (Lipinski definition) is 2. The zero-order chi connectivity index (χ0) is 8.97. The van der Waals surface area contributed by atoms with Crippen molar-refractivity contribution in [2.45, 2.75) is 18.9 Å². The topological polar surface area (TPSA) is 58.4 Å². The summed E-state index contributed by atoms with van der Waals surface area (Å²) in [6.45, 7) is 2.09. The zero-order valence-electron chi connectivity index (χ0n) is 7.95. The Kier molecular flexibility index (Phi) is 6.03. The van der Waals surface area contributed by atoms with Crippen molar-refractivity contribution in [3.05, 3.63) is 0 Å². The molecule has 0 bridgehead atoms. The molecule has 1 saturated heterocycles. The predicted octanol–water partition coefficient (Wildman–Crippen LogP) is -0.423. The lowest BCUT2D eigenvalue weighted by atomic mass is 10.1. The molecule has 1 aliphatic heterocycles. The molecule has 13 heavy (non-hydrogen) atoms. The van der Waals surface area contributed by atoms with Crippen molar-refractivity contribution in [3.63, 3.8) is 0 Å². The Morgan fingerprint density at radius 2 is 2.38 bits per heavy atom. The van der Waals surface area contributed by atoms with E-state index >= 15 is 0 Å². The zero-order valence-corrected chi connectivity index (χ0v) is 8.77. The second-order valence-electron chi connectivity index (χ2n) is 3.21. The molecular weight excluding hydrogens is 190 g/mol. The molecule has 1 unspecified atom stereocenters. The van der Waals surface area contributed by atoms with Gasteiger partial charge in [-0.05, 0) is 19.4 Å². The lowest BCUT2D eigenvalue weighted by molar-refractivity contribution is -0.130. The third kappa shape index (κ3) is 3.50. The van der Waals surface area contributed by atoms with Gasteiger partial charge in [0.2, 0.25) is 5.91 Å². The number of hydrogen-bond acceptors (Lipinski definition) is 3. The first-order chi connectivity index (χ1) is 5.75. The maximum Gasteiger partial charge on any atom is 0.236 e. The highest BCUT2D eigenvalue weighted by atomic mass is 35.5. The van der Waals surface area contributed by atoms with Gasteiger partial charge in [0.15, 0.2) is 0 Å². The van der Waals surface area contributed by atoms with Crippen LogP contribution in [0, 0.1) is 0 Å². The van der Waals surface area contributed by atoms with Gasteiger partial charge in [0.25, 0.3) is 0 Å². The number of amides is 1. The molecule has 1 amide bonds. The Morgan fingerprint density at radius 1 is 1.69 bits per heavy atom. The van der Waals surface area contributed by atoms with Crippen molar-refractivity contribution >= 4 is 18.3 Å². The van der Waals surface area contributed by atoms with Gasteiger partial charge in [-0.15, -0.1) is 12.4 Å². The molecule has 4 nitrogen and oxygen atoms in total. The molecule has 1 aliphatic rings. The van der Waals surface area contributed by atoms with E-state index in [-0.39, 0.29) is 24.9 Å². The van der Waals surface area contributed by atoms with Gasteiger partial charge in [-0.2, -0.15) is 0 Å². The SMILES string of the molecule is CN(C(=O)CN)C1CCCNC1.Cl. The van der Waals surface area contributed by atoms with Crippen LogP contribution in [0.3, 0.4) is 0 Å².